The molecule has 1 aromatic heterocycles. The maximum absolute atomic E-state index is 9.04. The summed E-state index contributed by atoms with van der Waals surface area (Å²) in [4.78, 5) is 4.22. The molecule has 1 aliphatic rings. The highest BCUT2D eigenvalue weighted by Crippen LogP contribution is 2.22. The van der Waals surface area contributed by atoms with E-state index in [9.17, 15) is 0 Å². The summed E-state index contributed by atoms with van der Waals surface area (Å²) in [6, 6.07) is 4.25. The molecule has 1 aromatic rings. The normalized spacial score (nSPS) is 17.1. The predicted molar refractivity (Wildman–Crippen MR) is 68.5 cm³/mol. The maximum atomic E-state index is 9.04. The van der Waals surface area contributed by atoms with Crippen molar-refractivity contribution in [3.05, 3.63) is 17.8 Å². The Labute approximate surface area is 102 Å². The molecule has 0 amide bonds. The Morgan fingerprint density at radius 3 is 2.65 bits per heavy atom. The molecule has 3 N–H and O–H groups in total. The van der Waals surface area contributed by atoms with Crippen LogP contribution in [0.3, 0.4) is 0 Å². The van der Waals surface area contributed by atoms with Gasteiger partial charge < -0.3 is 11.1 Å². The van der Waals surface area contributed by atoms with Gasteiger partial charge in [0.2, 0.25) is 0 Å². The van der Waals surface area contributed by atoms with Gasteiger partial charge in [-0.3, -0.25) is 0 Å². The Balaban J connectivity index is 2.09. The summed E-state index contributed by atoms with van der Waals surface area (Å²) < 4.78 is 0. The zero-order chi connectivity index (χ0) is 12.1. The van der Waals surface area contributed by atoms with Crippen LogP contribution >= 0.6 is 0 Å². The van der Waals surface area contributed by atoms with Crippen molar-refractivity contribution in [3.63, 3.8) is 0 Å². The summed E-state index contributed by atoms with van der Waals surface area (Å²) in [5.74, 6) is 0.675. The van der Waals surface area contributed by atoms with Crippen LogP contribution in [0.4, 0.5) is 11.5 Å². The van der Waals surface area contributed by atoms with Crippen LogP contribution in [0.25, 0.3) is 0 Å². The maximum Gasteiger partial charge on any atom is 0.144 e. The number of nitrogen functional groups attached to an aromatic ring is 1. The number of hydrogen-bond acceptors (Lipinski definition) is 4. The highest BCUT2D eigenvalue weighted by Gasteiger charge is 2.14. The Morgan fingerprint density at radius 1 is 1.29 bits per heavy atom. The molecule has 2 rings (SSSR count). The third kappa shape index (κ3) is 3.10. The Kier molecular flexibility index (Phi) is 3.81. The summed E-state index contributed by atoms with van der Waals surface area (Å²) in [5, 5.41) is 12.4. The van der Waals surface area contributed by atoms with E-state index in [0.29, 0.717) is 23.1 Å². The van der Waals surface area contributed by atoms with Crippen LogP contribution in [-0.4, -0.2) is 11.0 Å². The van der Waals surface area contributed by atoms with Crippen LogP contribution in [0.1, 0.15) is 44.1 Å². The van der Waals surface area contributed by atoms with Crippen molar-refractivity contribution >= 4 is 11.5 Å². The monoisotopic (exact) mass is 230 g/mol. The molecule has 1 heterocycles. The molecule has 0 atom stereocenters. The van der Waals surface area contributed by atoms with Crippen molar-refractivity contribution < 1.29 is 0 Å². The SMILES string of the molecule is N#Cc1cc(N)cnc1NC1CCCCCC1. The van der Waals surface area contributed by atoms with Gasteiger partial charge in [0.1, 0.15) is 11.9 Å². The summed E-state index contributed by atoms with van der Waals surface area (Å²) in [6.07, 6.45) is 9.08. The highest BCUT2D eigenvalue weighted by atomic mass is 15.0. The summed E-state index contributed by atoms with van der Waals surface area (Å²) >= 11 is 0. The van der Waals surface area contributed by atoms with Crippen LogP contribution in [0, 0.1) is 11.3 Å². The number of nitrogens with one attached hydrogen (secondary N) is 1. The minimum atomic E-state index is 0.445. The van der Waals surface area contributed by atoms with E-state index in [1.165, 1.54) is 25.7 Å². The minimum absolute atomic E-state index is 0.445. The molecule has 4 nitrogen and oxygen atoms in total. The summed E-state index contributed by atoms with van der Waals surface area (Å²) in [5.41, 5.74) is 6.69. The third-order valence-electron chi connectivity index (χ3n) is 3.23. The first-order valence-corrected chi connectivity index (χ1v) is 6.22. The fourth-order valence-corrected chi connectivity index (χ4v) is 2.30. The average Bonchev–Trinajstić information content (AvgIpc) is 2.60. The van der Waals surface area contributed by atoms with Crippen molar-refractivity contribution in [3.8, 4) is 6.07 Å². The van der Waals surface area contributed by atoms with Gasteiger partial charge >= 0.3 is 0 Å². The molecule has 0 unspecified atom stereocenters. The molecule has 0 radical (unpaired) electrons. The second kappa shape index (κ2) is 5.53. The molecule has 0 bridgehead atoms. The van der Waals surface area contributed by atoms with Gasteiger partial charge in [-0.1, -0.05) is 25.7 Å². The van der Waals surface area contributed by atoms with E-state index in [4.69, 9.17) is 11.0 Å². The Bertz CT molecular complexity index is 414. The van der Waals surface area contributed by atoms with Gasteiger partial charge in [-0.15, -0.1) is 0 Å². The number of rotatable bonds is 2. The van der Waals surface area contributed by atoms with E-state index in [2.05, 4.69) is 16.4 Å². The van der Waals surface area contributed by atoms with Gasteiger partial charge in [-0.2, -0.15) is 5.26 Å². The van der Waals surface area contributed by atoms with Crippen molar-refractivity contribution in [2.75, 3.05) is 11.1 Å². The number of nitriles is 1. The van der Waals surface area contributed by atoms with Crippen LogP contribution in [-0.2, 0) is 0 Å². The minimum Gasteiger partial charge on any atom is -0.397 e. The first-order chi connectivity index (χ1) is 8.29. The predicted octanol–water partition coefficient (Wildman–Crippen LogP) is 2.67. The van der Waals surface area contributed by atoms with Gasteiger partial charge in [-0.05, 0) is 18.9 Å². The lowest BCUT2D eigenvalue weighted by Gasteiger charge is -2.17. The molecule has 1 aliphatic carbocycles. The second-order valence-electron chi connectivity index (χ2n) is 4.61. The van der Waals surface area contributed by atoms with E-state index in [0.717, 1.165) is 12.8 Å². The fraction of sp³-hybridized carbons (Fsp3) is 0.538. The smallest absolute Gasteiger partial charge is 0.144 e. The van der Waals surface area contributed by atoms with Gasteiger partial charge in [0.25, 0.3) is 0 Å². The first kappa shape index (κ1) is 11.7. The number of hydrogen-bond donors (Lipinski definition) is 2. The standard InChI is InChI=1S/C13H18N4/c14-8-10-7-11(15)9-16-13(10)17-12-5-3-1-2-4-6-12/h7,9,12H,1-6,15H2,(H,16,17). The molecule has 0 aromatic carbocycles. The van der Waals surface area contributed by atoms with Gasteiger partial charge in [-0.25, -0.2) is 4.98 Å². The van der Waals surface area contributed by atoms with Gasteiger partial charge in [0.15, 0.2) is 0 Å². The molecule has 4 heteroatoms. The molecule has 1 saturated carbocycles. The lowest BCUT2D eigenvalue weighted by atomic mass is 10.1. The van der Waals surface area contributed by atoms with Crippen LogP contribution in [0.15, 0.2) is 12.3 Å². The van der Waals surface area contributed by atoms with Crippen molar-refractivity contribution in [2.45, 2.75) is 44.6 Å². The third-order valence-corrected chi connectivity index (χ3v) is 3.23. The van der Waals surface area contributed by atoms with Crippen molar-refractivity contribution in [1.82, 2.24) is 4.98 Å². The molecule has 0 aliphatic heterocycles. The molecular weight excluding hydrogens is 212 g/mol. The van der Waals surface area contributed by atoms with E-state index >= 15 is 0 Å². The van der Waals surface area contributed by atoms with Crippen LogP contribution < -0.4 is 11.1 Å². The van der Waals surface area contributed by atoms with Gasteiger partial charge in [0, 0.05) is 6.04 Å². The number of nitrogens with two attached hydrogens (primary N) is 1. The number of pyridine rings is 1. The van der Waals surface area contributed by atoms with Crippen molar-refractivity contribution in [1.29, 1.82) is 5.26 Å². The molecule has 0 saturated heterocycles. The quantitative estimate of drug-likeness (QED) is 0.766. The van der Waals surface area contributed by atoms with E-state index in [-0.39, 0.29) is 0 Å². The highest BCUT2D eigenvalue weighted by molar-refractivity contribution is 5.57. The lowest BCUT2D eigenvalue weighted by molar-refractivity contribution is 0.617. The molecule has 0 spiro atoms. The second-order valence-corrected chi connectivity index (χ2v) is 4.61. The Morgan fingerprint density at radius 2 is 2.00 bits per heavy atom. The lowest BCUT2D eigenvalue weighted by Crippen LogP contribution is -2.19. The zero-order valence-electron chi connectivity index (χ0n) is 9.95. The first-order valence-electron chi connectivity index (χ1n) is 6.22. The molecule has 1 fully saturated rings. The largest absolute Gasteiger partial charge is 0.397 e. The summed E-state index contributed by atoms with van der Waals surface area (Å²) in [7, 11) is 0. The van der Waals surface area contributed by atoms with Crippen LogP contribution in [0.5, 0.6) is 0 Å². The van der Waals surface area contributed by atoms with Crippen molar-refractivity contribution in [2.24, 2.45) is 0 Å². The molecule has 90 valence electrons. The number of aromatic nitrogens is 1. The van der Waals surface area contributed by atoms with E-state index in [1.54, 1.807) is 12.3 Å². The molecular formula is C13H18N4. The fourth-order valence-electron chi connectivity index (χ4n) is 2.30. The van der Waals surface area contributed by atoms with E-state index in [1.807, 2.05) is 0 Å². The molecule has 17 heavy (non-hydrogen) atoms. The number of anilines is 2. The van der Waals surface area contributed by atoms with Gasteiger partial charge in [0.05, 0.1) is 17.4 Å². The average molecular weight is 230 g/mol. The summed E-state index contributed by atoms with van der Waals surface area (Å²) in [6.45, 7) is 0. The zero-order valence-corrected chi connectivity index (χ0v) is 9.95. The van der Waals surface area contributed by atoms with Crippen LogP contribution in [0.2, 0.25) is 0 Å². The number of nitrogens with zero attached hydrogens (tertiary/aromatic N) is 2. The topological polar surface area (TPSA) is 74.7 Å². The Hall–Kier alpha value is -1.76. The van der Waals surface area contributed by atoms with E-state index < -0.39 is 0 Å².